The summed E-state index contributed by atoms with van der Waals surface area (Å²) in [6.07, 6.45) is 3.80. The zero-order valence-electron chi connectivity index (χ0n) is 26.3. The quantitative estimate of drug-likeness (QED) is 0.179. The molecule has 0 aromatic carbocycles. The van der Waals surface area contributed by atoms with E-state index in [1.165, 1.54) is 6.42 Å². The van der Waals surface area contributed by atoms with Crippen LogP contribution in [0.5, 0.6) is 0 Å². The number of hydrogen-bond donors (Lipinski definition) is 4. The first-order valence-corrected chi connectivity index (χ1v) is 14.2. The van der Waals surface area contributed by atoms with Crippen molar-refractivity contribution < 1.29 is 28.9 Å². The second kappa shape index (κ2) is 26.7. The van der Waals surface area contributed by atoms with Crippen LogP contribution in [0.15, 0.2) is 0 Å². The lowest BCUT2D eigenvalue weighted by atomic mass is 10.1. The number of carbonyl (C=O) groups is 2. The summed E-state index contributed by atoms with van der Waals surface area (Å²) in [4.78, 5) is 27.9. The molecule has 4 N–H and O–H groups in total. The maximum absolute atomic E-state index is 12.4. The van der Waals surface area contributed by atoms with Crippen molar-refractivity contribution in [2.24, 2.45) is 0 Å². The summed E-state index contributed by atoms with van der Waals surface area (Å²) in [6.45, 7) is 25.1. The van der Waals surface area contributed by atoms with Crippen molar-refractivity contribution in [1.82, 2.24) is 15.6 Å². The fourth-order valence-electron chi connectivity index (χ4n) is 3.14. The molecule has 1 rings (SSSR count). The van der Waals surface area contributed by atoms with Gasteiger partial charge in [-0.25, -0.2) is 9.59 Å². The Bertz CT molecular complexity index is 693. The summed E-state index contributed by atoms with van der Waals surface area (Å²) in [5.74, 6) is -0.853. The molecule has 0 unspecified atom stereocenters. The predicted molar refractivity (Wildman–Crippen MR) is 157 cm³/mol. The van der Waals surface area contributed by atoms with Crippen LogP contribution in [0.1, 0.15) is 114 Å². The number of H-pyrrole nitrogens is 1. The number of aromatic amines is 1. The molecule has 9 heteroatoms. The highest BCUT2D eigenvalue weighted by Gasteiger charge is 2.27. The first kappa shape index (κ1) is 40.6. The molecule has 1 aromatic rings. The summed E-state index contributed by atoms with van der Waals surface area (Å²) in [5.41, 5.74) is 1.51. The van der Waals surface area contributed by atoms with Gasteiger partial charge in [-0.05, 0) is 92.4 Å². The largest absolute Gasteiger partial charge is 0.462 e. The van der Waals surface area contributed by atoms with Crippen LogP contribution >= 0.6 is 0 Å². The fourth-order valence-corrected chi connectivity index (χ4v) is 3.14. The van der Waals surface area contributed by atoms with Gasteiger partial charge < -0.3 is 34.9 Å². The lowest BCUT2D eigenvalue weighted by molar-refractivity contribution is 0.00625. The number of ether oxygens (including phenoxy) is 3. The number of aliphatic hydroxyl groups excluding tert-OH is 1. The lowest BCUT2D eigenvalue weighted by Gasteiger charge is -2.19. The van der Waals surface area contributed by atoms with E-state index in [9.17, 15) is 9.59 Å². The second-order valence-electron chi connectivity index (χ2n) is 9.00. The molecule has 0 atom stereocenters. The highest BCUT2D eigenvalue weighted by atomic mass is 16.6. The van der Waals surface area contributed by atoms with Crippen LogP contribution in [0, 0.1) is 6.92 Å². The van der Waals surface area contributed by atoms with Crippen molar-refractivity contribution in [3.63, 3.8) is 0 Å². The highest BCUT2D eigenvalue weighted by molar-refractivity contribution is 5.98. The number of carbonyl (C=O) groups excluding carboxylic acids is 2. The molecule has 0 aliphatic rings. The van der Waals surface area contributed by atoms with E-state index >= 15 is 0 Å². The normalized spacial score (nSPS) is 10.2. The number of nitrogens with one attached hydrogen (secondary N) is 3. The summed E-state index contributed by atoms with van der Waals surface area (Å²) >= 11 is 0. The molecule has 0 fully saturated rings. The van der Waals surface area contributed by atoms with Gasteiger partial charge in [0, 0.05) is 26.0 Å². The average Bonchev–Trinajstić information content (AvgIpc) is 3.22. The molecule has 0 radical (unpaired) electrons. The van der Waals surface area contributed by atoms with E-state index < -0.39 is 17.5 Å². The smallest absolute Gasteiger partial charge is 0.355 e. The minimum atomic E-state index is -0.594. The molecule has 1 aromatic heterocycles. The molecule has 0 bridgehead atoms. The van der Waals surface area contributed by atoms with E-state index in [1.807, 2.05) is 41.5 Å². The topological polar surface area (TPSA) is 122 Å². The first-order valence-electron chi connectivity index (χ1n) is 14.2. The monoisotopic (exact) mass is 545 g/mol. The van der Waals surface area contributed by atoms with E-state index in [4.69, 9.17) is 19.3 Å². The molecular weight excluding hydrogens is 486 g/mol. The second-order valence-corrected chi connectivity index (χ2v) is 9.00. The number of rotatable bonds is 15. The number of esters is 2. The Morgan fingerprint density at radius 2 is 1.42 bits per heavy atom. The molecule has 0 saturated carbocycles. The van der Waals surface area contributed by atoms with Gasteiger partial charge in [-0.1, -0.05) is 27.7 Å². The van der Waals surface area contributed by atoms with Crippen molar-refractivity contribution >= 4 is 11.9 Å². The number of aryl methyl sites for hydroxylation is 1. The Balaban J connectivity index is -0.000000789. The predicted octanol–water partition coefficient (Wildman–Crippen LogP) is 5.04. The summed E-state index contributed by atoms with van der Waals surface area (Å²) in [7, 11) is 1.00. The number of aromatic nitrogens is 1. The standard InChI is InChI=1S/C19H32N2O4.C7H17NO.C2H6.CH4O/c1-7-11-20-12-9-10-14-15(17(22)24-8-2)13(3)16(21-14)18(23)25-19(4,5)6;1-3-5-8-6-7-9-4-2;2*1-2/h20-21H,7-12H2,1-6H3;8H,3-7H2,1-2H3;1-2H3;2H,1H3. The van der Waals surface area contributed by atoms with Crippen molar-refractivity contribution in [3.05, 3.63) is 22.5 Å². The van der Waals surface area contributed by atoms with E-state index in [-0.39, 0.29) is 0 Å². The molecule has 0 aliphatic carbocycles. The Kier molecular flexibility index (Phi) is 28.5. The summed E-state index contributed by atoms with van der Waals surface area (Å²) < 4.78 is 15.7. The van der Waals surface area contributed by atoms with Crippen molar-refractivity contribution in [2.45, 2.75) is 101 Å². The van der Waals surface area contributed by atoms with Crippen LogP contribution in [-0.4, -0.2) is 80.7 Å². The molecule has 226 valence electrons. The van der Waals surface area contributed by atoms with Crippen molar-refractivity contribution in [2.75, 3.05) is 53.1 Å². The SMILES string of the molecule is CC.CCCNCCCc1[nH]c(C(=O)OC(C)(C)C)c(C)c1C(=O)OCC.CCCNCCOCC.CO. The minimum Gasteiger partial charge on any atom is -0.462 e. The molecule has 0 aliphatic heterocycles. The van der Waals surface area contributed by atoms with Gasteiger partial charge in [0.2, 0.25) is 0 Å². The maximum Gasteiger partial charge on any atom is 0.355 e. The van der Waals surface area contributed by atoms with Crippen LogP contribution in [0.4, 0.5) is 0 Å². The molecule has 9 nitrogen and oxygen atoms in total. The van der Waals surface area contributed by atoms with Gasteiger partial charge in [0.05, 0.1) is 18.8 Å². The van der Waals surface area contributed by atoms with E-state index in [1.54, 1.807) is 13.8 Å². The van der Waals surface area contributed by atoms with Gasteiger partial charge in [-0.15, -0.1) is 0 Å². The molecule has 0 spiro atoms. The van der Waals surface area contributed by atoms with E-state index in [0.29, 0.717) is 29.8 Å². The molecular formula is C29H59N3O6. The summed E-state index contributed by atoms with van der Waals surface area (Å²) in [6, 6.07) is 0. The fraction of sp³-hybridized carbons (Fsp3) is 0.793. The van der Waals surface area contributed by atoms with Gasteiger partial charge in [0.1, 0.15) is 11.3 Å². The van der Waals surface area contributed by atoms with Gasteiger partial charge in [0.15, 0.2) is 0 Å². The zero-order chi connectivity index (χ0) is 30.0. The first-order chi connectivity index (χ1) is 18.1. The van der Waals surface area contributed by atoms with Gasteiger partial charge in [-0.3, -0.25) is 0 Å². The van der Waals surface area contributed by atoms with Crippen LogP contribution in [-0.2, 0) is 20.6 Å². The van der Waals surface area contributed by atoms with Gasteiger partial charge in [-0.2, -0.15) is 0 Å². The number of hydrogen-bond acceptors (Lipinski definition) is 8. The third-order valence-electron chi connectivity index (χ3n) is 4.67. The lowest BCUT2D eigenvalue weighted by Crippen LogP contribution is -2.24. The van der Waals surface area contributed by atoms with Crippen molar-refractivity contribution in [3.8, 4) is 0 Å². The Hall–Kier alpha value is -1.94. The molecule has 0 amide bonds. The summed E-state index contributed by atoms with van der Waals surface area (Å²) in [5, 5.41) is 13.6. The zero-order valence-corrected chi connectivity index (χ0v) is 26.3. The Morgan fingerprint density at radius 1 is 0.868 bits per heavy atom. The third-order valence-corrected chi connectivity index (χ3v) is 4.67. The van der Waals surface area contributed by atoms with E-state index in [2.05, 4.69) is 29.5 Å². The molecule has 0 saturated heterocycles. The van der Waals surface area contributed by atoms with Crippen LogP contribution in [0.25, 0.3) is 0 Å². The van der Waals surface area contributed by atoms with Crippen molar-refractivity contribution in [1.29, 1.82) is 0 Å². The highest BCUT2D eigenvalue weighted by Crippen LogP contribution is 2.23. The molecule has 1 heterocycles. The minimum absolute atomic E-state index is 0.294. The van der Waals surface area contributed by atoms with Crippen LogP contribution in [0.2, 0.25) is 0 Å². The Morgan fingerprint density at radius 3 is 1.89 bits per heavy atom. The number of aliphatic hydroxyl groups is 1. The van der Waals surface area contributed by atoms with Crippen LogP contribution in [0.3, 0.4) is 0 Å². The third kappa shape index (κ3) is 20.1. The van der Waals surface area contributed by atoms with Crippen LogP contribution < -0.4 is 10.6 Å². The van der Waals surface area contributed by atoms with Gasteiger partial charge >= 0.3 is 11.9 Å². The average molecular weight is 546 g/mol. The van der Waals surface area contributed by atoms with E-state index in [0.717, 1.165) is 65.0 Å². The maximum atomic E-state index is 12.4. The Labute approximate surface area is 232 Å². The molecule has 38 heavy (non-hydrogen) atoms. The van der Waals surface area contributed by atoms with Gasteiger partial charge in [0.25, 0.3) is 0 Å².